The number of halogens is 2. The maximum absolute atomic E-state index is 12.6. The first-order valence-corrected chi connectivity index (χ1v) is 9.51. The Hall–Kier alpha value is -0.440. The van der Waals surface area contributed by atoms with Crippen LogP contribution in [0, 0.1) is 0 Å². The minimum atomic E-state index is -3.66. The van der Waals surface area contributed by atoms with Gasteiger partial charge in [-0.15, -0.1) is 11.3 Å². The summed E-state index contributed by atoms with van der Waals surface area (Å²) in [5.41, 5.74) is 7.21. The first-order chi connectivity index (χ1) is 9.84. The van der Waals surface area contributed by atoms with Gasteiger partial charge in [-0.25, -0.2) is 8.42 Å². The lowest BCUT2D eigenvalue weighted by Gasteiger charge is -2.18. The van der Waals surface area contributed by atoms with Crippen LogP contribution in [0.2, 0.25) is 5.02 Å². The van der Waals surface area contributed by atoms with E-state index in [1.54, 1.807) is 12.1 Å². The van der Waals surface area contributed by atoms with E-state index in [0.717, 1.165) is 14.9 Å². The summed E-state index contributed by atoms with van der Waals surface area (Å²) in [4.78, 5) is 0.0870. The summed E-state index contributed by atoms with van der Waals surface area (Å²) in [6, 6.07) is 6.70. The SMILES string of the molecule is CN(Cc1csc(Br)c1)S(=O)(=O)c1cc(CN)ccc1Cl. The van der Waals surface area contributed by atoms with E-state index in [2.05, 4.69) is 15.9 Å². The molecular formula is C13H14BrClN2O2S2. The Morgan fingerprint density at radius 1 is 1.33 bits per heavy atom. The van der Waals surface area contributed by atoms with Crippen molar-refractivity contribution < 1.29 is 8.42 Å². The summed E-state index contributed by atoms with van der Waals surface area (Å²) in [5.74, 6) is 0. The summed E-state index contributed by atoms with van der Waals surface area (Å²) < 4.78 is 27.5. The van der Waals surface area contributed by atoms with E-state index < -0.39 is 10.0 Å². The molecule has 1 aromatic carbocycles. The average Bonchev–Trinajstić information content (AvgIpc) is 2.84. The topological polar surface area (TPSA) is 63.4 Å². The number of sulfonamides is 1. The van der Waals surface area contributed by atoms with Crippen molar-refractivity contribution in [2.75, 3.05) is 7.05 Å². The molecule has 0 unspecified atom stereocenters. The molecule has 0 saturated carbocycles. The van der Waals surface area contributed by atoms with Crippen LogP contribution in [0.3, 0.4) is 0 Å². The first kappa shape index (κ1) is 16.9. The first-order valence-electron chi connectivity index (χ1n) is 6.02. The van der Waals surface area contributed by atoms with Gasteiger partial charge in [0.05, 0.1) is 8.81 Å². The van der Waals surface area contributed by atoms with Crippen molar-refractivity contribution >= 4 is 48.9 Å². The highest BCUT2D eigenvalue weighted by atomic mass is 79.9. The van der Waals surface area contributed by atoms with Crippen molar-refractivity contribution in [2.24, 2.45) is 5.73 Å². The highest BCUT2D eigenvalue weighted by Gasteiger charge is 2.24. The second-order valence-corrected chi connectivity index (χ2v) is 9.20. The Balaban J connectivity index is 2.32. The average molecular weight is 410 g/mol. The molecule has 0 saturated heterocycles. The number of hydrogen-bond acceptors (Lipinski definition) is 4. The molecule has 2 aromatic rings. The van der Waals surface area contributed by atoms with Crippen molar-refractivity contribution in [2.45, 2.75) is 18.0 Å². The molecule has 2 N–H and O–H groups in total. The molecule has 0 aliphatic rings. The maximum Gasteiger partial charge on any atom is 0.244 e. The van der Waals surface area contributed by atoms with Crippen molar-refractivity contribution in [3.63, 3.8) is 0 Å². The van der Waals surface area contributed by atoms with Crippen molar-refractivity contribution in [1.82, 2.24) is 4.31 Å². The molecule has 8 heteroatoms. The molecule has 4 nitrogen and oxygen atoms in total. The van der Waals surface area contributed by atoms with Gasteiger partial charge < -0.3 is 5.73 Å². The van der Waals surface area contributed by atoms with Crippen LogP contribution in [0.5, 0.6) is 0 Å². The van der Waals surface area contributed by atoms with Gasteiger partial charge in [-0.3, -0.25) is 0 Å². The second kappa shape index (κ2) is 6.76. The Labute approximate surface area is 141 Å². The predicted octanol–water partition coefficient (Wildman–Crippen LogP) is 3.44. The lowest BCUT2D eigenvalue weighted by atomic mass is 10.2. The van der Waals surface area contributed by atoms with Crippen LogP contribution < -0.4 is 5.73 Å². The van der Waals surface area contributed by atoms with Gasteiger partial charge in [0, 0.05) is 20.1 Å². The van der Waals surface area contributed by atoms with Gasteiger partial charge >= 0.3 is 0 Å². The minimum Gasteiger partial charge on any atom is -0.326 e. The zero-order chi connectivity index (χ0) is 15.6. The van der Waals surface area contributed by atoms with Gasteiger partial charge in [-0.2, -0.15) is 4.31 Å². The number of rotatable bonds is 5. The Morgan fingerprint density at radius 3 is 2.62 bits per heavy atom. The van der Waals surface area contributed by atoms with Crippen LogP contribution in [-0.4, -0.2) is 19.8 Å². The lowest BCUT2D eigenvalue weighted by molar-refractivity contribution is 0.467. The van der Waals surface area contributed by atoms with Gasteiger partial charge in [0.1, 0.15) is 4.90 Å². The normalized spacial score (nSPS) is 12.0. The molecule has 0 aliphatic heterocycles. The Bertz CT molecular complexity index is 746. The predicted molar refractivity (Wildman–Crippen MR) is 90.0 cm³/mol. The molecule has 1 aromatic heterocycles. The van der Waals surface area contributed by atoms with E-state index in [9.17, 15) is 8.42 Å². The zero-order valence-electron chi connectivity index (χ0n) is 11.2. The largest absolute Gasteiger partial charge is 0.326 e. The molecule has 0 bridgehead atoms. The smallest absolute Gasteiger partial charge is 0.244 e. The second-order valence-electron chi connectivity index (χ2n) is 4.49. The number of nitrogens with two attached hydrogens (primary N) is 1. The van der Waals surface area contributed by atoms with Gasteiger partial charge in [0.15, 0.2) is 0 Å². The van der Waals surface area contributed by atoms with Crippen LogP contribution in [-0.2, 0) is 23.1 Å². The standard InChI is InChI=1S/C13H14BrClN2O2S2/c1-17(7-10-5-13(14)20-8-10)21(18,19)12-4-9(6-16)2-3-11(12)15/h2-5,8H,6-7,16H2,1H3. The fourth-order valence-electron chi connectivity index (χ4n) is 1.81. The van der Waals surface area contributed by atoms with Crippen LogP contribution in [0.25, 0.3) is 0 Å². The van der Waals surface area contributed by atoms with E-state index in [1.165, 1.54) is 28.8 Å². The summed E-state index contributed by atoms with van der Waals surface area (Å²) in [6.45, 7) is 0.550. The molecule has 114 valence electrons. The summed E-state index contributed by atoms with van der Waals surface area (Å²) in [7, 11) is -2.12. The fourth-order valence-corrected chi connectivity index (χ4v) is 4.69. The number of benzene rings is 1. The maximum atomic E-state index is 12.6. The van der Waals surface area contributed by atoms with Crippen molar-refractivity contribution in [3.8, 4) is 0 Å². The summed E-state index contributed by atoms with van der Waals surface area (Å²) >= 11 is 10.9. The highest BCUT2D eigenvalue weighted by Crippen LogP contribution is 2.27. The minimum absolute atomic E-state index is 0.0870. The van der Waals surface area contributed by atoms with Gasteiger partial charge in [-0.1, -0.05) is 17.7 Å². The third-order valence-electron chi connectivity index (χ3n) is 2.95. The van der Waals surface area contributed by atoms with Crippen LogP contribution in [0.4, 0.5) is 0 Å². The molecule has 2 rings (SSSR count). The molecule has 0 amide bonds. The van der Waals surface area contributed by atoms with Crippen molar-refractivity contribution in [3.05, 3.63) is 49.6 Å². The third kappa shape index (κ3) is 3.85. The number of hydrogen-bond donors (Lipinski definition) is 1. The number of thiophene rings is 1. The molecular weight excluding hydrogens is 396 g/mol. The van der Waals surface area contributed by atoms with Crippen LogP contribution in [0.15, 0.2) is 38.3 Å². The van der Waals surface area contributed by atoms with Gasteiger partial charge in [0.2, 0.25) is 10.0 Å². The number of nitrogens with zero attached hydrogens (tertiary/aromatic N) is 1. The van der Waals surface area contributed by atoms with Crippen LogP contribution >= 0.6 is 38.9 Å². The molecule has 0 fully saturated rings. The molecule has 0 aliphatic carbocycles. The molecule has 21 heavy (non-hydrogen) atoms. The monoisotopic (exact) mass is 408 g/mol. The zero-order valence-corrected chi connectivity index (χ0v) is 15.2. The van der Waals surface area contributed by atoms with E-state index in [1.807, 2.05) is 11.4 Å². The lowest BCUT2D eigenvalue weighted by Crippen LogP contribution is -2.26. The summed E-state index contributed by atoms with van der Waals surface area (Å²) in [5, 5.41) is 2.11. The van der Waals surface area contributed by atoms with E-state index >= 15 is 0 Å². The van der Waals surface area contributed by atoms with Crippen molar-refractivity contribution in [1.29, 1.82) is 0 Å². The Morgan fingerprint density at radius 2 is 2.05 bits per heavy atom. The third-order valence-corrected chi connectivity index (χ3v) is 6.78. The summed E-state index contributed by atoms with van der Waals surface area (Å²) in [6.07, 6.45) is 0. The van der Waals surface area contributed by atoms with Crippen LogP contribution in [0.1, 0.15) is 11.1 Å². The van der Waals surface area contributed by atoms with E-state index in [4.69, 9.17) is 17.3 Å². The fraction of sp³-hybridized carbons (Fsp3) is 0.231. The molecule has 0 radical (unpaired) electrons. The van der Waals surface area contributed by atoms with Gasteiger partial charge in [0.25, 0.3) is 0 Å². The Kier molecular flexibility index (Phi) is 5.45. The molecule has 0 atom stereocenters. The van der Waals surface area contributed by atoms with E-state index in [0.29, 0.717) is 0 Å². The molecule has 0 spiro atoms. The quantitative estimate of drug-likeness (QED) is 0.822. The van der Waals surface area contributed by atoms with E-state index in [-0.39, 0.29) is 23.0 Å². The molecule has 1 heterocycles. The highest BCUT2D eigenvalue weighted by molar-refractivity contribution is 9.11. The van der Waals surface area contributed by atoms with Gasteiger partial charge in [-0.05, 0) is 50.6 Å².